The summed E-state index contributed by atoms with van der Waals surface area (Å²) in [4.78, 5) is 46.5. The Bertz CT molecular complexity index is 917. The fourth-order valence-corrected chi connectivity index (χ4v) is 7.94. The number of piperazine rings is 1. The molecule has 1 rings (SSSR count). The Morgan fingerprint density at radius 1 is 0.474 bits per heavy atom. The van der Waals surface area contributed by atoms with Crippen LogP contribution in [0, 0.1) is 0 Å². The lowest BCUT2D eigenvalue weighted by molar-refractivity contribution is -0.150. The average molecular weight is 807 g/mol. The highest BCUT2D eigenvalue weighted by atomic mass is 16.5. The van der Waals surface area contributed by atoms with Gasteiger partial charge in [-0.05, 0) is 51.4 Å². The number of rotatable bonds is 39. The van der Waals surface area contributed by atoms with Crippen molar-refractivity contribution in [2.45, 2.75) is 233 Å². The molecule has 3 atom stereocenters. The van der Waals surface area contributed by atoms with Gasteiger partial charge in [0.15, 0.2) is 0 Å². The summed E-state index contributed by atoms with van der Waals surface area (Å²) >= 11 is 0. The molecule has 1 N–H and O–H groups in total. The van der Waals surface area contributed by atoms with Crippen LogP contribution in [0.25, 0.3) is 0 Å². The minimum absolute atomic E-state index is 0.00974. The first-order valence-electron chi connectivity index (χ1n) is 24.6. The molecule has 336 valence electrons. The number of hydrogen-bond acceptors (Lipinski definition) is 8. The molecule has 0 spiro atoms. The Hall–Kier alpha value is -1.71. The number of nitrogens with zero attached hydrogens (tertiary/aromatic N) is 3. The van der Waals surface area contributed by atoms with Crippen molar-refractivity contribution in [3.63, 3.8) is 0 Å². The second kappa shape index (κ2) is 37.3. The summed E-state index contributed by atoms with van der Waals surface area (Å²) < 4.78 is 12.1. The lowest BCUT2D eigenvalue weighted by Crippen LogP contribution is -2.49. The van der Waals surface area contributed by atoms with E-state index in [1.165, 1.54) is 77.0 Å². The molecular formula is C48H94N4O5. The zero-order valence-corrected chi connectivity index (χ0v) is 38.6. The number of amides is 1. The highest BCUT2D eigenvalue weighted by Crippen LogP contribution is 2.18. The van der Waals surface area contributed by atoms with E-state index in [9.17, 15) is 14.4 Å². The van der Waals surface area contributed by atoms with Gasteiger partial charge in [0.1, 0.15) is 12.2 Å². The Balaban J connectivity index is 2.72. The lowest BCUT2D eigenvalue weighted by Gasteiger charge is -2.35. The molecule has 0 saturated carbocycles. The van der Waals surface area contributed by atoms with Gasteiger partial charge in [-0.1, -0.05) is 144 Å². The van der Waals surface area contributed by atoms with E-state index in [2.05, 4.69) is 61.6 Å². The van der Waals surface area contributed by atoms with E-state index < -0.39 is 0 Å². The molecule has 1 aliphatic heterocycles. The van der Waals surface area contributed by atoms with Gasteiger partial charge in [-0.25, -0.2) is 0 Å². The smallest absolute Gasteiger partial charge is 0.307 e. The van der Waals surface area contributed by atoms with Crippen LogP contribution < -0.4 is 5.32 Å². The lowest BCUT2D eigenvalue weighted by atomic mass is 10.0. The molecule has 3 unspecified atom stereocenters. The highest BCUT2D eigenvalue weighted by Gasteiger charge is 2.22. The Kier molecular flexibility index (Phi) is 34.9. The van der Waals surface area contributed by atoms with Gasteiger partial charge in [0.2, 0.25) is 5.91 Å². The predicted octanol–water partition coefficient (Wildman–Crippen LogP) is 10.9. The zero-order valence-electron chi connectivity index (χ0n) is 38.6. The summed E-state index contributed by atoms with van der Waals surface area (Å²) in [5, 5.41) is 3.37. The third-order valence-corrected chi connectivity index (χ3v) is 11.9. The SMILES string of the molecule is CCCCCCC(CCCC)NC(=O)CCN1CCN(CCN(CCC(=O)OC(CCCC)CCCCCC)CCC(=O)OC(CCCC)CCCCCC)CC1. The summed E-state index contributed by atoms with van der Waals surface area (Å²) in [6.45, 7) is 20.8. The molecule has 1 heterocycles. The second-order valence-corrected chi connectivity index (χ2v) is 17.2. The maximum Gasteiger partial charge on any atom is 0.307 e. The van der Waals surface area contributed by atoms with Gasteiger partial charge in [0, 0.05) is 71.4 Å². The van der Waals surface area contributed by atoms with Gasteiger partial charge in [0.05, 0.1) is 12.8 Å². The summed E-state index contributed by atoms with van der Waals surface area (Å²) in [6, 6.07) is 0.314. The molecule has 9 heteroatoms. The summed E-state index contributed by atoms with van der Waals surface area (Å²) in [6.07, 6.45) is 28.4. The number of nitrogens with one attached hydrogen (secondary N) is 1. The van der Waals surface area contributed by atoms with Crippen molar-refractivity contribution in [3.05, 3.63) is 0 Å². The molecule has 0 aromatic carbocycles. The van der Waals surface area contributed by atoms with Gasteiger partial charge in [-0.2, -0.15) is 0 Å². The number of esters is 2. The van der Waals surface area contributed by atoms with Crippen LogP contribution in [0.2, 0.25) is 0 Å². The molecule has 1 fully saturated rings. The van der Waals surface area contributed by atoms with Gasteiger partial charge < -0.3 is 24.6 Å². The Labute approximate surface area is 352 Å². The normalized spacial score (nSPS) is 15.4. The maximum atomic E-state index is 13.2. The molecule has 0 aromatic rings. The van der Waals surface area contributed by atoms with Crippen LogP contribution in [0.15, 0.2) is 0 Å². The number of hydrogen-bond donors (Lipinski definition) is 1. The van der Waals surface area contributed by atoms with E-state index in [0.29, 0.717) is 38.4 Å². The predicted molar refractivity (Wildman–Crippen MR) is 240 cm³/mol. The van der Waals surface area contributed by atoms with Crippen LogP contribution in [0.3, 0.4) is 0 Å². The van der Waals surface area contributed by atoms with Crippen LogP contribution in [-0.4, -0.2) is 110 Å². The van der Waals surface area contributed by atoms with E-state index in [0.717, 1.165) is 123 Å². The fraction of sp³-hybridized carbons (Fsp3) is 0.938. The number of carbonyl (C=O) groups excluding carboxylic acids is 3. The zero-order chi connectivity index (χ0) is 41.8. The molecule has 57 heavy (non-hydrogen) atoms. The first-order chi connectivity index (χ1) is 27.8. The largest absolute Gasteiger partial charge is 0.462 e. The van der Waals surface area contributed by atoms with E-state index in [4.69, 9.17) is 9.47 Å². The van der Waals surface area contributed by atoms with Crippen molar-refractivity contribution in [1.82, 2.24) is 20.0 Å². The van der Waals surface area contributed by atoms with E-state index >= 15 is 0 Å². The average Bonchev–Trinajstić information content (AvgIpc) is 3.21. The number of ether oxygens (including phenoxy) is 2. The van der Waals surface area contributed by atoms with Crippen LogP contribution >= 0.6 is 0 Å². The van der Waals surface area contributed by atoms with Crippen molar-refractivity contribution >= 4 is 17.8 Å². The standard InChI is InChI=1S/C48H94N4O5/c1-7-13-19-22-26-43(25-16-10-4)49-46(53)31-34-51-38-41-52(42-39-51)40-37-50(35-32-47(54)56-44(27-17-11-5)29-23-20-14-8-2)36-33-48(55)57-45(28-18-12-6)30-24-21-15-9-3/h43-45H,7-42H2,1-6H3,(H,49,53). The van der Waals surface area contributed by atoms with Crippen molar-refractivity contribution < 1.29 is 23.9 Å². The second-order valence-electron chi connectivity index (χ2n) is 17.2. The first-order valence-corrected chi connectivity index (χ1v) is 24.6. The third kappa shape index (κ3) is 30.0. The quantitative estimate of drug-likeness (QED) is 0.0485. The monoisotopic (exact) mass is 807 g/mol. The molecular weight excluding hydrogens is 713 g/mol. The molecule has 0 aliphatic carbocycles. The third-order valence-electron chi connectivity index (χ3n) is 11.9. The summed E-state index contributed by atoms with van der Waals surface area (Å²) in [5.41, 5.74) is 0. The Morgan fingerprint density at radius 3 is 1.32 bits per heavy atom. The maximum absolute atomic E-state index is 13.2. The van der Waals surface area contributed by atoms with E-state index in [-0.39, 0.29) is 30.1 Å². The minimum atomic E-state index is -0.114. The van der Waals surface area contributed by atoms with Gasteiger partial charge in [-0.15, -0.1) is 0 Å². The number of carbonyl (C=O) groups is 3. The molecule has 0 aromatic heterocycles. The van der Waals surface area contributed by atoms with Gasteiger partial charge in [-0.3, -0.25) is 19.3 Å². The summed E-state index contributed by atoms with van der Waals surface area (Å²) in [7, 11) is 0. The first kappa shape index (κ1) is 53.3. The molecule has 1 aliphatic rings. The minimum Gasteiger partial charge on any atom is -0.462 e. The van der Waals surface area contributed by atoms with Crippen molar-refractivity contribution in [2.24, 2.45) is 0 Å². The topological polar surface area (TPSA) is 91.4 Å². The molecule has 0 radical (unpaired) electrons. The highest BCUT2D eigenvalue weighted by molar-refractivity contribution is 5.76. The van der Waals surface area contributed by atoms with Crippen LogP contribution in [0.4, 0.5) is 0 Å². The van der Waals surface area contributed by atoms with Gasteiger partial charge in [0.25, 0.3) is 0 Å². The van der Waals surface area contributed by atoms with E-state index in [1.54, 1.807) is 0 Å². The molecule has 0 bridgehead atoms. The van der Waals surface area contributed by atoms with Crippen molar-refractivity contribution in [2.75, 3.05) is 58.9 Å². The van der Waals surface area contributed by atoms with Crippen LogP contribution in [0.5, 0.6) is 0 Å². The molecule has 1 amide bonds. The van der Waals surface area contributed by atoms with Crippen molar-refractivity contribution in [1.29, 1.82) is 0 Å². The van der Waals surface area contributed by atoms with E-state index in [1.807, 2.05) is 0 Å². The summed E-state index contributed by atoms with van der Waals surface area (Å²) in [5.74, 6) is -0.0310. The van der Waals surface area contributed by atoms with Crippen LogP contribution in [0.1, 0.15) is 215 Å². The van der Waals surface area contributed by atoms with Crippen LogP contribution in [-0.2, 0) is 23.9 Å². The molecule has 1 saturated heterocycles. The van der Waals surface area contributed by atoms with Crippen molar-refractivity contribution in [3.8, 4) is 0 Å². The number of unbranched alkanes of at least 4 members (excludes halogenated alkanes) is 12. The fourth-order valence-electron chi connectivity index (χ4n) is 7.94. The molecule has 9 nitrogen and oxygen atoms in total. The van der Waals surface area contributed by atoms with Gasteiger partial charge >= 0.3 is 11.9 Å². The Morgan fingerprint density at radius 2 is 0.860 bits per heavy atom.